The highest BCUT2D eigenvalue weighted by molar-refractivity contribution is 9.09. The minimum absolute atomic E-state index is 0.483. The molecule has 2 nitrogen and oxygen atoms in total. The lowest BCUT2D eigenvalue weighted by Gasteiger charge is -2.25. The van der Waals surface area contributed by atoms with Gasteiger partial charge in [-0.3, -0.25) is 0 Å². The first-order chi connectivity index (χ1) is 7.34. The lowest BCUT2D eigenvalue weighted by molar-refractivity contribution is 0.171. The number of halogens is 1. The van der Waals surface area contributed by atoms with E-state index >= 15 is 0 Å². The molecule has 0 saturated heterocycles. The van der Waals surface area contributed by atoms with Gasteiger partial charge < -0.3 is 9.47 Å². The maximum atomic E-state index is 5.59. The van der Waals surface area contributed by atoms with E-state index in [1.54, 1.807) is 0 Å². The average molecular weight is 269 g/mol. The third kappa shape index (κ3) is 1.63. The molecule has 2 aliphatic rings. The Labute approximate surface area is 97.7 Å². The van der Waals surface area contributed by atoms with E-state index in [2.05, 4.69) is 28.1 Å². The van der Waals surface area contributed by atoms with Crippen molar-refractivity contribution in [2.24, 2.45) is 0 Å². The Hall–Kier alpha value is -0.700. The van der Waals surface area contributed by atoms with Gasteiger partial charge in [0.2, 0.25) is 0 Å². The first kappa shape index (κ1) is 9.52. The first-order valence-electron chi connectivity index (χ1n) is 5.41. The van der Waals surface area contributed by atoms with Crippen LogP contribution in [0.2, 0.25) is 0 Å². The van der Waals surface area contributed by atoms with E-state index in [-0.39, 0.29) is 0 Å². The topological polar surface area (TPSA) is 18.5 Å². The summed E-state index contributed by atoms with van der Waals surface area (Å²) in [6.07, 6.45) is 3.63. The molecule has 15 heavy (non-hydrogen) atoms. The van der Waals surface area contributed by atoms with Crippen LogP contribution in [0.15, 0.2) is 12.1 Å². The van der Waals surface area contributed by atoms with Gasteiger partial charge in [0.15, 0.2) is 11.5 Å². The van der Waals surface area contributed by atoms with Crippen LogP contribution in [0.1, 0.15) is 28.8 Å². The van der Waals surface area contributed by atoms with Crippen molar-refractivity contribution in [3.8, 4) is 11.5 Å². The van der Waals surface area contributed by atoms with E-state index in [1.807, 2.05) is 0 Å². The molecule has 0 fully saturated rings. The maximum absolute atomic E-state index is 5.59. The Kier molecular flexibility index (Phi) is 2.35. The summed E-state index contributed by atoms with van der Waals surface area (Å²) in [5.41, 5.74) is 2.79. The van der Waals surface area contributed by atoms with Crippen LogP contribution >= 0.6 is 15.9 Å². The molecular weight excluding hydrogens is 256 g/mol. The van der Waals surface area contributed by atoms with Gasteiger partial charge in [-0.15, -0.1) is 0 Å². The molecule has 0 amide bonds. The molecule has 80 valence electrons. The second-order valence-electron chi connectivity index (χ2n) is 4.05. The largest absolute Gasteiger partial charge is 0.486 e. The van der Waals surface area contributed by atoms with Crippen LogP contribution in [-0.4, -0.2) is 13.2 Å². The summed E-state index contributed by atoms with van der Waals surface area (Å²) in [6, 6.07) is 4.29. The van der Waals surface area contributed by atoms with Gasteiger partial charge in [-0.05, 0) is 42.5 Å². The number of hydrogen-bond donors (Lipinski definition) is 0. The molecule has 1 unspecified atom stereocenters. The van der Waals surface area contributed by atoms with Crippen LogP contribution in [0, 0.1) is 0 Å². The molecular formula is C12H13BrO2. The van der Waals surface area contributed by atoms with E-state index in [4.69, 9.17) is 9.47 Å². The zero-order chi connectivity index (χ0) is 10.3. The van der Waals surface area contributed by atoms with Crippen molar-refractivity contribution in [2.75, 3.05) is 13.2 Å². The number of hydrogen-bond acceptors (Lipinski definition) is 2. The Morgan fingerprint density at radius 1 is 1.13 bits per heavy atom. The van der Waals surface area contributed by atoms with E-state index < -0.39 is 0 Å². The summed E-state index contributed by atoms with van der Waals surface area (Å²) < 4.78 is 11.2. The van der Waals surface area contributed by atoms with Crippen molar-refractivity contribution in [1.29, 1.82) is 0 Å². The summed E-state index contributed by atoms with van der Waals surface area (Å²) in [5, 5.41) is 0. The second-order valence-corrected chi connectivity index (χ2v) is 5.16. The highest BCUT2D eigenvalue weighted by atomic mass is 79.9. The molecule has 1 aromatic rings. The normalized spacial score (nSPS) is 23.4. The lowest BCUT2D eigenvalue weighted by atomic mass is 9.91. The molecule has 1 heterocycles. The van der Waals surface area contributed by atoms with Crippen molar-refractivity contribution in [3.05, 3.63) is 23.3 Å². The van der Waals surface area contributed by atoms with Crippen LogP contribution in [0.3, 0.4) is 0 Å². The van der Waals surface area contributed by atoms with Gasteiger partial charge in [0.1, 0.15) is 13.2 Å². The Morgan fingerprint density at radius 2 is 1.87 bits per heavy atom. The Bertz CT molecular complexity index is 389. The molecule has 0 radical (unpaired) electrons. The Morgan fingerprint density at radius 3 is 2.67 bits per heavy atom. The van der Waals surface area contributed by atoms with Gasteiger partial charge in [0.25, 0.3) is 0 Å². The number of aryl methyl sites for hydroxylation is 1. The summed E-state index contributed by atoms with van der Waals surface area (Å²) in [4.78, 5) is 0.483. The fourth-order valence-electron chi connectivity index (χ4n) is 2.28. The van der Waals surface area contributed by atoms with Crippen molar-refractivity contribution < 1.29 is 9.47 Å². The van der Waals surface area contributed by atoms with Crippen molar-refractivity contribution >= 4 is 15.9 Å². The third-order valence-corrected chi connectivity index (χ3v) is 4.00. The molecule has 0 N–H and O–H groups in total. The number of ether oxygens (including phenoxy) is 2. The van der Waals surface area contributed by atoms with Crippen LogP contribution in [-0.2, 0) is 6.42 Å². The van der Waals surface area contributed by atoms with Crippen molar-refractivity contribution in [1.82, 2.24) is 0 Å². The minimum atomic E-state index is 0.483. The standard InChI is InChI=1S/C12H13BrO2/c13-10-3-1-2-8-6-11-12(7-9(8)10)15-5-4-14-11/h6-7,10H,1-5H2. The van der Waals surface area contributed by atoms with E-state index in [0.717, 1.165) is 17.9 Å². The number of rotatable bonds is 0. The third-order valence-electron chi connectivity index (χ3n) is 3.05. The van der Waals surface area contributed by atoms with Crippen molar-refractivity contribution in [3.63, 3.8) is 0 Å². The quantitative estimate of drug-likeness (QED) is 0.673. The molecule has 1 aromatic carbocycles. The van der Waals surface area contributed by atoms with Crippen LogP contribution in [0.4, 0.5) is 0 Å². The number of benzene rings is 1. The average Bonchev–Trinajstić information content (AvgIpc) is 2.27. The van der Waals surface area contributed by atoms with Gasteiger partial charge >= 0.3 is 0 Å². The highest BCUT2D eigenvalue weighted by Crippen LogP contribution is 2.42. The Balaban J connectivity index is 2.08. The minimum Gasteiger partial charge on any atom is -0.486 e. The molecule has 0 aromatic heterocycles. The zero-order valence-electron chi connectivity index (χ0n) is 8.46. The van der Waals surface area contributed by atoms with Gasteiger partial charge in [0, 0.05) is 4.83 Å². The van der Waals surface area contributed by atoms with E-state index in [1.165, 1.54) is 24.0 Å². The first-order valence-corrected chi connectivity index (χ1v) is 6.32. The second kappa shape index (κ2) is 3.71. The number of fused-ring (bicyclic) bond motifs is 2. The van der Waals surface area contributed by atoms with Gasteiger partial charge in [-0.2, -0.15) is 0 Å². The summed E-state index contributed by atoms with van der Waals surface area (Å²) in [5.74, 6) is 1.83. The van der Waals surface area contributed by atoms with Crippen LogP contribution < -0.4 is 9.47 Å². The van der Waals surface area contributed by atoms with Crippen LogP contribution in [0.5, 0.6) is 11.5 Å². The zero-order valence-corrected chi connectivity index (χ0v) is 10.0. The molecule has 1 atom stereocenters. The smallest absolute Gasteiger partial charge is 0.161 e. The molecule has 0 saturated carbocycles. The molecule has 3 rings (SSSR count). The molecule has 3 heteroatoms. The van der Waals surface area contributed by atoms with E-state index in [9.17, 15) is 0 Å². The maximum Gasteiger partial charge on any atom is 0.161 e. The predicted molar refractivity (Wildman–Crippen MR) is 62.0 cm³/mol. The number of alkyl halides is 1. The van der Waals surface area contributed by atoms with Crippen molar-refractivity contribution in [2.45, 2.75) is 24.1 Å². The van der Waals surface area contributed by atoms with Crippen LogP contribution in [0.25, 0.3) is 0 Å². The van der Waals surface area contributed by atoms with Gasteiger partial charge in [-0.25, -0.2) is 0 Å². The molecule has 1 aliphatic heterocycles. The van der Waals surface area contributed by atoms with Gasteiger partial charge in [-0.1, -0.05) is 15.9 Å². The molecule has 1 aliphatic carbocycles. The monoisotopic (exact) mass is 268 g/mol. The van der Waals surface area contributed by atoms with E-state index in [0.29, 0.717) is 18.0 Å². The van der Waals surface area contributed by atoms with Gasteiger partial charge in [0.05, 0.1) is 0 Å². The molecule has 0 spiro atoms. The summed E-state index contributed by atoms with van der Waals surface area (Å²) in [7, 11) is 0. The lowest BCUT2D eigenvalue weighted by Crippen LogP contribution is -2.17. The fourth-order valence-corrected chi connectivity index (χ4v) is 3.03. The molecule has 0 bridgehead atoms. The summed E-state index contributed by atoms with van der Waals surface area (Å²) in [6.45, 7) is 1.34. The SMILES string of the molecule is BrC1CCCc2cc3c(cc21)OCCO3. The highest BCUT2D eigenvalue weighted by Gasteiger charge is 2.22. The predicted octanol–water partition coefficient (Wildman–Crippen LogP) is 3.23. The summed E-state index contributed by atoms with van der Waals surface area (Å²) >= 11 is 3.72. The fraction of sp³-hybridized carbons (Fsp3) is 0.500.